The highest BCUT2D eigenvalue weighted by Crippen LogP contribution is 2.15. The molecule has 2 amide bonds. The normalized spacial score (nSPS) is 21.3. The highest BCUT2D eigenvalue weighted by molar-refractivity contribution is 7.91. The van der Waals surface area contributed by atoms with Crippen LogP contribution in [0.25, 0.3) is 0 Å². The van der Waals surface area contributed by atoms with Gasteiger partial charge in [0.25, 0.3) is 5.91 Å². The van der Waals surface area contributed by atoms with Crippen molar-refractivity contribution in [3.05, 3.63) is 34.9 Å². The first kappa shape index (κ1) is 19.7. The van der Waals surface area contributed by atoms with Crippen LogP contribution in [0.5, 0.6) is 0 Å². The Morgan fingerprint density at radius 2 is 1.92 bits per heavy atom. The predicted molar refractivity (Wildman–Crippen MR) is 97.4 cm³/mol. The fraction of sp³-hybridized carbons (Fsp3) is 0.529. The molecule has 6 nitrogen and oxygen atoms in total. The highest BCUT2D eigenvalue weighted by Gasteiger charge is 2.33. The Hall–Kier alpha value is -1.60. The van der Waals surface area contributed by atoms with E-state index in [2.05, 4.69) is 10.6 Å². The molecular formula is C17H23ClN2O4S. The summed E-state index contributed by atoms with van der Waals surface area (Å²) in [4.78, 5) is 25.0. The number of sulfone groups is 1. The van der Waals surface area contributed by atoms with Crippen LogP contribution in [0.3, 0.4) is 0 Å². The minimum atomic E-state index is -3.08. The molecule has 0 spiro atoms. The van der Waals surface area contributed by atoms with Crippen LogP contribution >= 0.6 is 11.6 Å². The number of amides is 2. The molecule has 3 atom stereocenters. The molecule has 3 unspecified atom stereocenters. The molecule has 1 aromatic carbocycles. The van der Waals surface area contributed by atoms with Gasteiger partial charge in [-0.2, -0.15) is 0 Å². The lowest BCUT2D eigenvalue weighted by Crippen LogP contribution is -2.52. The molecule has 1 saturated heterocycles. The van der Waals surface area contributed by atoms with E-state index in [1.54, 1.807) is 24.3 Å². The van der Waals surface area contributed by atoms with Crippen LogP contribution in [0, 0.1) is 5.92 Å². The van der Waals surface area contributed by atoms with E-state index in [0.29, 0.717) is 23.4 Å². The molecule has 138 valence electrons. The molecule has 0 aromatic heterocycles. The van der Waals surface area contributed by atoms with Crippen molar-refractivity contribution >= 4 is 33.3 Å². The molecule has 0 bridgehead atoms. The second-order valence-corrected chi connectivity index (χ2v) is 9.12. The molecule has 2 N–H and O–H groups in total. The molecule has 1 aliphatic heterocycles. The Balaban J connectivity index is 2.06. The molecule has 2 rings (SSSR count). The van der Waals surface area contributed by atoms with Gasteiger partial charge in [0.05, 0.1) is 11.5 Å². The third-order valence-corrected chi connectivity index (χ3v) is 6.49. The summed E-state index contributed by atoms with van der Waals surface area (Å²) < 4.78 is 23.1. The van der Waals surface area contributed by atoms with Gasteiger partial charge in [-0.1, -0.05) is 31.9 Å². The van der Waals surface area contributed by atoms with Gasteiger partial charge in [-0.3, -0.25) is 9.59 Å². The highest BCUT2D eigenvalue weighted by atomic mass is 35.5. The summed E-state index contributed by atoms with van der Waals surface area (Å²) in [5.74, 6) is -0.760. The summed E-state index contributed by atoms with van der Waals surface area (Å²) >= 11 is 5.82. The van der Waals surface area contributed by atoms with Gasteiger partial charge < -0.3 is 10.6 Å². The van der Waals surface area contributed by atoms with Crippen molar-refractivity contribution in [1.29, 1.82) is 0 Å². The van der Waals surface area contributed by atoms with E-state index in [1.165, 1.54) is 0 Å². The van der Waals surface area contributed by atoms with Gasteiger partial charge in [-0.15, -0.1) is 0 Å². The maximum atomic E-state index is 12.6. The number of benzene rings is 1. The van der Waals surface area contributed by atoms with Gasteiger partial charge >= 0.3 is 0 Å². The summed E-state index contributed by atoms with van der Waals surface area (Å²) in [6.07, 6.45) is 1.11. The number of nitrogens with one attached hydrogen (secondary N) is 2. The molecule has 1 aliphatic rings. The molecule has 8 heteroatoms. The monoisotopic (exact) mass is 386 g/mol. The number of halogens is 1. The van der Waals surface area contributed by atoms with Crippen LogP contribution in [0.4, 0.5) is 0 Å². The first-order valence-electron chi connectivity index (χ1n) is 8.29. The van der Waals surface area contributed by atoms with Gasteiger partial charge in [0.1, 0.15) is 6.04 Å². The smallest absolute Gasteiger partial charge is 0.251 e. The average molecular weight is 387 g/mol. The van der Waals surface area contributed by atoms with E-state index in [1.807, 2.05) is 13.8 Å². The summed E-state index contributed by atoms with van der Waals surface area (Å²) in [5, 5.41) is 6.04. The van der Waals surface area contributed by atoms with Crippen LogP contribution in [-0.2, 0) is 14.6 Å². The Morgan fingerprint density at radius 3 is 2.44 bits per heavy atom. The average Bonchev–Trinajstić information content (AvgIpc) is 2.90. The summed E-state index contributed by atoms with van der Waals surface area (Å²) in [5.41, 5.74) is 0.411. The topological polar surface area (TPSA) is 92.3 Å². The van der Waals surface area contributed by atoms with Gasteiger partial charge in [0.2, 0.25) is 5.91 Å². The second-order valence-electron chi connectivity index (χ2n) is 6.45. The first-order chi connectivity index (χ1) is 11.7. The van der Waals surface area contributed by atoms with Crippen molar-refractivity contribution in [1.82, 2.24) is 10.6 Å². The van der Waals surface area contributed by atoms with E-state index in [-0.39, 0.29) is 29.2 Å². The molecule has 1 aromatic rings. The predicted octanol–water partition coefficient (Wildman–Crippen LogP) is 1.79. The Labute approximate surface area is 153 Å². The summed E-state index contributed by atoms with van der Waals surface area (Å²) in [6, 6.07) is 5.28. The summed E-state index contributed by atoms with van der Waals surface area (Å²) in [6.45, 7) is 3.80. The number of carbonyl (C=O) groups excluding carboxylic acids is 2. The molecule has 25 heavy (non-hydrogen) atoms. The first-order valence-corrected chi connectivity index (χ1v) is 10.5. The summed E-state index contributed by atoms with van der Waals surface area (Å²) in [7, 11) is -3.08. The third-order valence-electron chi connectivity index (χ3n) is 4.47. The van der Waals surface area contributed by atoms with Crippen LogP contribution in [-0.4, -0.2) is 43.8 Å². The molecule has 0 radical (unpaired) electrons. The van der Waals surface area contributed by atoms with Crippen molar-refractivity contribution in [2.45, 2.75) is 38.8 Å². The quantitative estimate of drug-likeness (QED) is 0.779. The van der Waals surface area contributed by atoms with Gasteiger partial charge in [-0.05, 0) is 36.6 Å². The van der Waals surface area contributed by atoms with E-state index in [0.717, 1.165) is 0 Å². The van der Waals surface area contributed by atoms with Crippen LogP contribution in [0.2, 0.25) is 5.02 Å². The zero-order valence-corrected chi connectivity index (χ0v) is 15.9. The second kappa shape index (κ2) is 8.19. The van der Waals surface area contributed by atoms with E-state index in [9.17, 15) is 18.0 Å². The van der Waals surface area contributed by atoms with Crippen LogP contribution in [0.15, 0.2) is 24.3 Å². The van der Waals surface area contributed by atoms with Gasteiger partial charge in [-0.25, -0.2) is 8.42 Å². The van der Waals surface area contributed by atoms with Crippen molar-refractivity contribution in [3.8, 4) is 0 Å². The standard InChI is InChI=1S/C17H23ClN2O4S/c1-3-11(2)15(17(22)19-14-8-9-25(23,24)10-14)20-16(21)12-4-6-13(18)7-5-12/h4-7,11,14-15H,3,8-10H2,1-2H3,(H,19,22)(H,20,21). The van der Waals surface area contributed by atoms with Gasteiger partial charge in [0.15, 0.2) is 9.84 Å². The Bertz CT molecular complexity index is 734. The fourth-order valence-electron chi connectivity index (χ4n) is 2.73. The largest absolute Gasteiger partial charge is 0.351 e. The number of rotatable bonds is 6. The number of hydrogen-bond acceptors (Lipinski definition) is 4. The molecule has 0 aliphatic carbocycles. The lowest BCUT2D eigenvalue weighted by atomic mass is 9.97. The van der Waals surface area contributed by atoms with Crippen LogP contribution < -0.4 is 10.6 Å². The van der Waals surface area contributed by atoms with E-state index in [4.69, 9.17) is 11.6 Å². The van der Waals surface area contributed by atoms with Crippen molar-refractivity contribution in [2.75, 3.05) is 11.5 Å². The Morgan fingerprint density at radius 1 is 1.28 bits per heavy atom. The maximum Gasteiger partial charge on any atom is 0.251 e. The lowest BCUT2D eigenvalue weighted by Gasteiger charge is -2.25. The minimum Gasteiger partial charge on any atom is -0.351 e. The van der Waals surface area contributed by atoms with Crippen molar-refractivity contribution in [2.24, 2.45) is 5.92 Å². The fourth-order valence-corrected chi connectivity index (χ4v) is 4.53. The molecule has 1 fully saturated rings. The van der Waals surface area contributed by atoms with Gasteiger partial charge in [0, 0.05) is 16.6 Å². The molecule has 1 heterocycles. The number of hydrogen-bond donors (Lipinski definition) is 2. The lowest BCUT2D eigenvalue weighted by molar-refractivity contribution is -0.124. The maximum absolute atomic E-state index is 12.6. The van der Waals surface area contributed by atoms with Crippen molar-refractivity contribution < 1.29 is 18.0 Å². The number of carbonyl (C=O) groups is 2. The van der Waals surface area contributed by atoms with E-state index >= 15 is 0 Å². The van der Waals surface area contributed by atoms with Crippen molar-refractivity contribution in [3.63, 3.8) is 0 Å². The zero-order chi connectivity index (χ0) is 18.6. The SMILES string of the molecule is CCC(C)C(NC(=O)c1ccc(Cl)cc1)C(=O)NC1CCS(=O)(=O)C1. The minimum absolute atomic E-state index is 0.0445. The van der Waals surface area contributed by atoms with E-state index < -0.39 is 21.9 Å². The Kier molecular flexibility index (Phi) is 6.46. The molecular weight excluding hydrogens is 364 g/mol. The zero-order valence-electron chi connectivity index (χ0n) is 14.3. The molecule has 0 saturated carbocycles. The third kappa shape index (κ3) is 5.44. The van der Waals surface area contributed by atoms with Crippen LogP contribution in [0.1, 0.15) is 37.0 Å².